The second kappa shape index (κ2) is 7.41. The first-order chi connectivity index (χ1) is 11.1. The number of aromatic nitrogens is 2. The van der Waals surface area contributed by atoms with Crippen LogP contribution in [0.4, 0.5) is 0 Å². The van der Waals surface area contributed by atoms with E-state index in [1.807, 2.05) is 0 Å². The molecule has 0 radical (unpaired) electrons. The van der Waals surface area contributed by atoms with Crippen LogP contribution in [0.15, 0.2) is 35.1 Å². The van der Waals surface area contributed by atoms with Crippen molar-refractivity contribution in [2.45, 2.75) is 6.42 Å². The average molecular weight is 319 g/mol. The van der Waals surface area contributed by atoms with Crippen molar-refractivity contribution in [1.29, 1.82) is 0 Å². The molecule has 122 valence electrons. The van der Waals surface area contributed by atoms with Crippen molar-refractivity contribution in [1.82, 2.24) is 15.1 Å². The molecule has 3 N–H and O–H groups in total. The molecule has 8 heteroatoms. The molecule has 2 rings (SSSR count). The Balaban J connectivity index is 2.44. The normalized spacial score (nSPS) is 10.3. The zero-order valence-electron chi connectivity index (χ0n) is 12.5. The number of carbonyl (C=O) groups is 1. The Morgan fingerprint density at radius 3 is 2.83 bits per heavy atom. The highest BCUT2D eigenvalue weighted by atomic mass is 16.5. The van der Waals surface area contributed by atoms with Crippen LogP contribution in [-0.2, 0) is 0 Å². The number of ether oxygens (including phenoxy) is 1. The predicted octanol–water partition coefficient (Wildman–Crippen LogP) is 0.0589. The number of benzene rings is 1. The molecule has 1 heterocycles. The van der Waals surface area contributed by atoms with Crippen molar-refractivity contribution in [2.24, 2.45) is 0 Å². The number of nitrogens with zero attached hydrogens (tertiary/aromatic N) is 2. The number of amides is 1. The Morgan fingerprint density at radius 1 is 1.39 bits per heavy atom. The Kier molecular flexibility index (Phi) is 5.32. The molecule has 0 saturated heterocycles. The predicted molar refractivity (Wildman–Crippen MR) is 82.1 cm³/mol. The third kappa shape index (κ3) is 3.67. The van der Waals surface area contributed by atoms with Gasteiger partial charge < -0.3 is 20.3 Å². The average Bonchev–Trinajstić information content (AvgIpc) is 2.55. The summed E-state index contributed by atoms with van der Waals surface area (Å²) in [6.07, 6.45) is 0.374. The topological polar surface area (TPSA) is 114 Å². The maximum Gasteiger partial charge on any atom is 0.275 e. The van der Waals surface area contributed by atoms with Crippen LogP contribution in [0.1, 0.15) is 16.9 Å². The standard InChI is InChI=1S/C15H17N3O5/c1-23-12-6-3-2-5-10(12)18-13(21)9-11(20)14(17-18)15(22)16-7-4-8-19/h2-3,5-6,9,19-20H,4,7-8H2,1H3,(H,16,22). The molecule has 1 aromatic carbocycles. The molecule has 23 heavy (non-hydrogen) atoms. The van der Waals surface area contributed by atoms with Gasteiger partial charge in [0.05, 0.1) is 7.11 Å². The minimum Gasteiger partial charge on any atom is -0.505 e. The van der Waals surface area contributed by atoms with Gasteiger partial charge in [-0.3, -0.25) is 9.59 Å². The summed E-state index contributed by atoms with van der Waals surface area (Å²) in [5.41, 5.74) is -0.531. The Labute approximate surface area is 132 Å². The number of methoxy groups -OCH3 is 1. The molecule has 1 amide bonds. The third-order valence-corrected chi connectivity index (χ3v) is 3.06. The molecule has 1 aromatic heterocycles. The quantitative estimate of drug-likeness (QED) is 0.649. The van der Waals surface area contributed by atoms with Gasteiger partial charge >= 0.3 is 0 Å². The summed E-state index contributed by atoms with van der Waals surface area (Å²) in [4.78, 5) is 24.1. The Hall–Kier alpha value is -2.87. The van der Waals surface area contributed by atoms with Gasteiger partial charge in [0, 0.05) is 19.2 Å². The fourth-order valence-corrected chi connectivity index (χ4v) is 1.95. The molecule has 0 aliphatic carbocycles. The van der Waals surface area contributed by atoms with Crippen molar-refractivity contribution in [3.05, 3.63) is 46.4 Å². The van der Waals surface area contributed by atoms with Gasteiger partial charge in [0.1, 0.15) is 11.4 Å². The summed E-state index contributed by atoms with van der Waals surface area (Å²) in [5.74, 6) is -0.748. The largest absolute Gasteiger partial charge is 0.505 e. The molecule has 8 nitrogen and oxygen atoms in total. The second-order valence-corrected chi connectivity index (χ2v) is 4.63. The molecule has 0 saturated carbocycles. The molecule has 0 aliphatic rings. The van der Waals surface area contributed by atoms with E-state index < -0.39 is 17.2 Å². The summed E-state index contributed by atoms with van der Waals surface area (Å²) in [6.45, 7) is 0.157. The molecular formula is C15H17N3O5. The Bertz CT molecular complexity index is 757. The highest BCUT2D eigenvalue weighted by molar-refractivity contribution is 5.94. The van der Waals surface area contributed by atoms with Crippen molar-refractivity contribution in [3.63, 3.8) is 0 Å². The summed E-state index contributed by atoms with van der Waals surface area (Å²) in [6, 6.07) is 7.60. The summed E-state index contributed by atoms with van der Waals surface area (Å²) < 4.78 is 6.16. The van der Waals surface area contributed by atoms with E-state index >= 15 is 0 Å². The summed E-state index contributed by atoms with van der Waals surface area (Å²) in [5, 5.41) is 24.9. The first kappa shape index (κ1) is 16.5. The highest BCUT2D eigenvalue weighted by Gasteiger charge is 2.17. The van der Waals surface area contributed by atoms with E-state index in [2.05, 4.69) is 10.4 Å². The first-order valence-corrected chi connectivity index (χ1v) is 6.94. The van der Waals surface area contributed by atoms with Crippen molar-refractivity contribution in [2.75, 3.05) is 20.3 Å². The molecular weight excluding hydrogens is 302 g/mol. The van der Waals surface area contributed by atoms with Crippen molar-refractivity contribution >= 4 is 5.91 Å². The Morgan fingerprint density at radius 2 is 2.13 bits per heavy atom. The lowest BCUT2D eigenvalue weighted by molar-refractivity contribution is 0.0941. The molecule has 2 aromatic rings. The summed E-state index contributed by atoms with van der Waals surface area (Å²) in [7, 11) is 1.45. The van der Waals surface area contributed by atoms with Crippen molar-refractivity contribution in [3.8, 4) is 17.2 Å². The lowest BCUT2D eigenvalue weighted by Crippen LogP contribution is -2.30. The summed E-state index contributed by atoms with van der Waals surface area (Å²) >= 11 is 0. The number of aliphatic hydroxyl groups is 1. The van der Waals surface area contributed by atoms with Crippen LogP contribution in [0.2, 0.25) is 0 Å². The maximum atomic E-state index is 12.1. The number of hydrogen-bond acceptors (Lipinski definition) is 6. The number of para-hydroxylation sites is 2. The van der Waals surface area contributed by atoms with Gasteiger partial charge in [0.2, 0.25) is 0 Å². The van der Waals surface area contributed by atoms with Gasteiger partial charge in [-0.2, -0.15) is 9.78 Å². The van der Waals surface area contributed by atoms with Crippen LogP contribution < -0.4 is 15.6 Å². The smallest absolute Gasteiger partial charge is 0.275 e. The van der Waals surface area contributed by atoms with Crippen LogP contribution in [-0.4, -0.2) is 46.2 Å². The van der Waals surface area contributed by atoms with E-state index in [1.54, 1.807) is 24.3 Å². The number of hydrogen-bond donors (Lipinski definition) is 3. The van der Waals surface area contributed by atoms with E-state index in [1.165, 1.54) is 7.11 Å². The number of aliphatic hydroxyl groups excluding tert-OH is 1. The number of carbonyl (C=O) groups excluding carboxylic acids is 1. The molecule has 0 unspecified atom stereocenters. The van der Waals surface area contributed by atoms with Crippen LogP contribution >= 0.6 is 0 Å². The van der Waals surface area contributed by atoms with E-state index in [-0.39, 0.29) is 18.8 Å². The minimum absolute atomic E-state index is 0.0690. The van der Waals surface area contributed by atoms with Gasteiger partial charge in [-0.25, -0.2) is 0 Å². The third-order valence-electron chi connectivity index (χ3n) is 3.06. The van der Waals surface area contributed by atoms with E-state index in [9.17, 15) is 14.7 Å². The van der Waals surface area contributed by atoms with Crippen molar-refractivity contribution < 1.29 is 19.7 Å². The maximum absolute atomic E-state index is 12.1. The first-order valence-electron chi connectivity index (χ1n) is 6.94. The van der Waals surface area contributed by atoms with E-state index in [4.69, 9.17) is 9.84 Å². The van der Waals surface area contributed by atoms with Gasteiger partial charge in [-0.15, -0.1) is 0 Å². The van der Waals surface area contributed by atoms with E-state index in [0.717, 1.165) is 10.7 Å². The van der Waals surface area contributed by atoms with Gasteiger partial charge in [0.25, 0.3) is 11.5 Å². The number of nitrogens with one attached hydrogen (secondary N) is 1. The molecule has 0 bridgehead atoms. The van der Waals surface area contributed by atoms with Crippen LogP contribution in [0.25, 0.3) is 5.69 Å². The zero-order chi connectivity index (χ0) is 16.8. The number of rotatable bonds is 6. The van der Waals surface area contributed by atoms with Gasteiger partial charge in [0.15, 0.2) is 11.4 Å². The minimum atomic E-state index is -0.639. The molecule has 0 spiro atoms. The monoisotopic (exact) mass is 319 g/mol. The lowest BCUT2D eigenvalue weighted by Gasteiger charge is -2.11. The zero-order valence-corrected chi connectivity index (χ0v) is 12.5. The fraction of sp³-hybridized carbons (Fsp3) is 0.267. The van der Waals surface area contributed by atoms with Gasteiger partial charge in [-0.05, 0) is 18.6 Å². The highest BCUT2D eigenvalue weighted by Crippen LogP contribution is 2.21. The molecule has 0 aliphatic heterocycles. The fourth-order valence-electron chi connectivity index (χ4n) is 1.95. The lowest BCUT2D eigenvalue weighted by atomic mass is 10.3. The number of aromatic hydroxyl groups is 1. The molecule has 0 fully saturated rings. The molecule has 0 atom stereocenters. The van der Waals surface area contributed by atoms with E-state index in [0.29, 0.717) is 17.9 Å². The SMILES string of the molecule is COc1ccccc1-n1nc(C(=O)NCCCO)c(O)cc1=O. The van der Waals surface area contributed by atoms with Crippen LogP contribution in [0.5, 0.6) is 11.5 Å². The second-order valence-electron chi connectivity index (χ2n) is 4.63. The van der Waals surface area contributed by atoms with Crippen LogP contribution in [0, 0.1) is 0 Å². The van der Waals surface area contributed by atoms with Crippen LogP contribution in [0.3, 0.4) is 0 Å². The van der Waals surface area contributed by atoms with Gasteiger partial charge in [-0.1, -0.05) is 12.1 Å².